The monoisotopic (exact) mass is 399 g/mol. The van der Waals surface area contributed by atoms with Crippen molar-refractivity contribution in [2.75, 3.05) is 22.5 Å². The van der Waals surface area contributed by atoms with Crippen molar-refractivity contribution in [1.82, 2.24) is 9.97 Å². The van der Waals surface area contributed by atoms with Gasteiger partial charge in [0.05, 0.1) is 16.3 Å². The lowest BCUT2D eigenvalue weighted by atomic mass is 10.00. The van der Waals surface area contributed by atoms with Crippen LogP contribution in [0.2, 0.25) is 5.02 Å². The summed E-state index contributed by atoms with van der Waals surface area (Å²) >= 11 is 6.06. The minimum Gasteiger partial charge on any atom is -0.393 e. The molecule has 5 nitrogen and oxygen atoms in total. The quantitative estimate of drug-likeness (QED) is 0.735. The van der Waals surface area contributed by atoms with E-state index in [0.717, 1.165) is 44.4 Å². The van der Waals surface area contributed by atoms with Crippen molar-refractivity contribution in [2.45, 2.75) is 44.8 Å². The summed E-state index contributed by atoms with van der Waals surface area (Å²) < 4.78 is 38.9. The average molecular weight is 400 g/mol. The van der Waals surface area contributed by atoms with Crippen molar-refractivity contribution in [3.05, 3.63) is 35.1 Å². The second kappa shape index (κ2) is 7.80. The molecule has 0 radical (unpaired) electrons. The van der Waals surface area contributed by atoms with Gasteiger partial charge in [-0.05, 0) is 43.9 Å². The van der Waals surface area contributed by atoms with Crippen LogP contribution in [0.15, 0.2) is 24.5 Å². The van der Waals surface area contributed by atoms with Gasteiger partial charge in [-0.2, -0.15) is 13.2 Å². The highest BCUT2D eigenvalue weighted by atomic mass is 35.5. The van der Waals surface area contributed by atoms with Gasteiger partial charge in [-0.1, -0.05) is 18.5 Å². The normalized spacial score (nSPS) is 17.8. The van der Waals surface area contributed by atoms with Gasteiger partial charge in [0.1, 0.15) is 12.0 Å². The van der Waals surface area contributed by atoms with E-state index in [1.54, 1.807) is 0 Å². The summed E-state index contributed by atoms with van der Waals surface area (Å²) in [6.45, 7) is 2.95. The number of aromatic nitrogens is 2. The number of nitrogens with one attached hydrogen (secondary N) is 1. The maximum absolute atomic E-state index is 13.0. The zero-order chi connectivity index (χ0) is 19.6. The average Bonchev–Trinajstić information content (AvgIpc) is 2.64. The molecule has 3 N–H and O–H groups in total. The van der Waals surface area contributed by atoms with Crippen LogP contribution >= 0.6 is 11.6 Å². The first-order chi connectivity index (χ1) is 12.8. The van der Waals surface area contributed by atoms with Crippen LogP contribution in [0.4, 0.5) is 36.2 Å². The molecule has 0 saturated carbocycles. The van der Waals surface area contributed by atoms with E-state index < -0.39 is 11.7 Å². The fourth-order valence-corrected chi connectivity index (χ4v) is 3.51. The van der Waals surface area contributed by atoms with Crippen molar-refractivity contribution in [3.8, 4) is 0 Å². The molecule has 0 amide bonds. The van der Waals surface area contributed by atoms with Crippen LogP contribution < -0.4 is 16.0 Å². The Hall–Kier alpha value is -2.22. The molecule has 1 unspecified atom stereocenters. The van der Waals surface area contributed by atoms with E-state index in [0.29, 0.717) is 17.5 Å². The predicted octanol–water partition coefficient (Wildman–Crippen LogP) is 5.24. The van der Waals surface area contributed by atoms with Crippen molar-refractivity contribution in [1.29, 1.82) is 0 Å². The SMILES string of the molecule is CCC1CCCCN1c1ncnc(Nc2cc(C(F)(F)F)ccc2Cl)c1N. The number of benzene rings is 1. The Balaban J connectivity index is 1.93. The zero-order valence-electron chi connectivity index (χ0n) is 14.9. The number of nitrogens with two attached hydrogens (primary N) is 1. The van der Waals surface area contributed by atoms with E-state index in [4.69, 9.17) is 17.3 Å². The van der Waals surface area contributed by atoms with Gasteiger partial charge in [0.25, 0.3) is 0 Å². The van der Waals surface area contributed by atoms with Gasteiger partial charge in [-0.25, -0.2) is 9.97 Å². The molecule has 3 rings (SSSR count). The molecule has 0 spiro atoms. The molecule has 1 aromatic heterocycles. The van der Waals surface area contributed by atoms with Crippen LogP contribution in [0.1, 0.15) is 38.2 Å². The smallest absolute Gasteiger partial charge is 0.393 e. The number of piperidine rings is 1. The molecule has 1 aromatic carbocycles. The molecule has 1 atom stereocenters. The van der Waals surface area contributed by atoms with E-state index in [2.05, 4.69) is 27.1 Å². The summed E-state index contributed by atoms with van der Waals surface area (Å²) in [7, 11) is 0. The Morgan fingerprint density at radius 3 is 2.78 bits per heavy atom. The number of alkyl halides is 3. The van der Waals surface area contributed by atoms with Gasteiger partial charge in [0.15, 0.2) is 11.6 Å². The maximum Gasteiger partial charge on any atom is 0.416 e. The van der Waals surface area contributed by atoms with E-state index in [9.17, 15) is 13.2 Å². The van der Waals surface area contributed by atoms with Crippen LogP contribution in [0.3, 0.4) is 0 Å². The summed E-state index contributed by atoms with van der Waals surface area (Å²) in [4.78, 5) is 10.6. The molecule has 146 valence electrons. The first-order valence-electron chi connectivity index (χ1n) is 8.82. The van der Waals surface area contributed by atoms with Gasteiger partial charge in [0, 0.05) is 12.6 Å². The van der Waals surface area contributed by atoms with Gasteiger partial charge in [0.2, 0.25) is 0 Å². The lowest BCUT2D eigenvalue weighted by Gasteiger charge is -2.36. The molecular formula is C18H21ClF3N5. The summed E-state index contributed by atoms with van der Waals surface area (Å²) in [6.07, 6.45) is 1.11. The number of nitrogens with zero attached hydrogens (tertiary/aromatic N) is 3. The first kappa shape index (κ1) is 19.5. The van der Waals surface area contributed by atoms with E-state index in [1.807, 2.05) is 0 Å². The summed E-state index contributed by atoms with van der Waals surface area (Å²) in [6, 6.07) is 3.41. The maximum atomic E-state index is 13.0. The highest BCUT2D eigenvalue weighted by Crippen LogP contribution is 2.37. The van der Waals surface area contributed by atoms with Crippen molar-refractivity contribution in [2.24, 2.45) is 0 Å². The summed E-state index contributed by atoms with van der Waals surface area (Å²) in [5.74, 6) is 0.837. The molecule has 27 heavy (non-hydrogen) atoms. The molecule has 1 aliphatic rings. The number of hydrogen-bond donors (Lipinski definition) is 2. The third-order valence-electron chi connectivity index (χ3n) is 4.78. The third kappa shape index (κ3) is 4.21. The summed E-state index contributed by atoms with van der Waals surface area (Å²) in [5.41, 5.74) is 5.85. The van der Waals surface area contributed by atoms with Crippen molar-refractivity contribution >= 4 is 34.6 Å². The molecule has 1 fully saturated rings. The summed E-state index contributed by atoms with van der Waals surface area (Å²) in [5, 5.41) is 2.98. The lowest BCUT2D eigenvalue weighted by molar-refractivity contribution is -0.137. The number of halogens is 4. The van der Waals surface area contributed by atoms with E-state index in [-0.39, 0.29) is 16.5 Å². The third-order valence-corrected chi connectivity index (χ3v) is 5.11. The Labute approximate surface area is 160 Å². The van der Waals surface area contributed by atoms with Crippen LogP contribution in [0.25, 0.3) is 0 Å². The van der Waals surface area contributed by atoms with Crippen molar-refractivity contribution < 1.29 is 13.2 Å². The second-order valence-corrected chi connectivity index (χ2v) is 6.94. The van der Waals surface area contributed by atoms with Crippen molar-refractivity contribution in [3.63, 3.8) is 0 Å². The standard InChI is InChI=1S/C18H21ClF3N5/c1-2-12-5-3-4-8-27(12)17-15(23)16(24-10-25-17)26-14-9-11(18(20,21)22)6-7-13(14)19/h6-7,9-10,12H,2-5,8,23H2,1H3,(H,24,25,26). The molecule has 1 aliphatic heterocycles. The van der Waals surface area contributed by atoms with Gasteiger partial charge >= 0.3 is 6.18 Å². The van der Waals surface area contributed by atoms with Crippen LogP contribution in [-0.4, -0.2) is 22.6 Å². The Morgan fingerprint density at radius 1 is 1.30 bits per heavy atom. The molecule has 9 heteroatoms. The molecule has 0 aliphatic carbocycles. The Morgan fingerprint density at radius 2 is 2.07 bits per heavy atom. The fraction of sp³-hybridized carbons (Fsp3) is 0.444. The molecule has 2 aromatic rings. The Kier molecular flexibility index (Phi) is 5.64. The van der Waals surface area contributed by atoms with Crippen LogP contribution in [-0.2, 0) is 6.18 Å². The number of nitrogen functional groups attached to an aromatic ring is 1. The highest BCUT2D eigenvalue weighted by Gasteiger charge is 2.31. The molecular weight excluding hydrogens is 379 g/mol. The Bertz CT molecular complexity index is 812. The highest BCUT2D eigenvalue weighted by molar-refractivity contribution is 6.33. The second-order valence-electron chi connectivity index (χ2n) is 6.53. The number of anilines is 4. The molecule has 1 saturated heterocycles. The minimum absolute atomic E-state index is 0.0912. The largest absolute Gasteiger partial charge is 0.416 e. The number of hydrogen-bond acceptors (Lipinski definition) is 5. The van der Waals surface area contributed by atoms with E-state index in [1.165, 1.54) is 12.4 Å². The van der Waals surface area contributed by atoms with Gasteiger partial charge in [-0.15, -0.1) is 0 Å². The minimum atomic E-state index is -4.47. The first-order valence-corrected chi connectivity index (χ1v) is 9.20. The molecule has 0 bridgehead atoms. The van der Waals surface area contributed by atoms with E-state index >= 15 is 0 Å². The fourth-order valence-electron chi connectivity index (χ4n) is 3.34. The van der Waals surface area contributed by atoms with Crippen LogP contribution in [0.5, 0.6) is 0 Å². The van der Waals surface area contributed by atoms with Gasteiger partial charge in [-0.3, -0.25) is 0 Å². The number of rotatable bonds is 4. The predicted molar refractivity (Wildman–Crippen MR) is 101 cm³/mol. The van der Waals surface area contributed by atoms with Gasteiger partial charge < -0.3 is 16.0 Å². The lowest BCUT2D eigenvalue weighted by Crippen LogP contribution is -2.40. The topological polar surface area (TPSA) is 67.1 Å². The zero-order valence-corrected chi connectivity index (χ0v) is 15.6. The van der Waals surface area contributed by atoms with Crippen LogP contribution in [0, 0.1) is 0 Å². The molecule has 2 heterocycles.